The van der Waals surface area contributed by atoms with Gasteiger partial charge < -0.3 is 5.32 Å². The molecule has 3 aromatic rings. The molecule has 0 fully saturated rings. The van der Waals surface area contributed by atoms with E-state index in [0.29, 0.717) is 11.1 Å². The summed E-state index contributed by atoms with van der Waals surface area (Å²) in [6.45, 7) is 0. The van der Waals surface area contributed by atoms with Crippen molar-refractivity contribution in [1.29, 1.82) is 0 Å². The second-order valence-corrected chi connectivity index (χ2v) is 4.70. The molecule has 0 aliphatic heterocycles. The lowest BCUT2D eigenvalue weighted by Crippen LogP contribution is -2.09. The molecule has 0 atom stereocenters. The topological polar surface area (TPSA) is 24.9 Å². The molecule has 6 heteroatoms. The van der Waals surface area contributed by atoms with Gasteiger partial charge in [-0.15, -0.1) is 0 Å². The predicted octanol–water partition coefficient (Wildman–Crippen LogP) is 5.14. The maximum absolute atomic E-state index is 12.9. The SMILES string of the molecule is Fc1ccc(Nc2cc(C(F)(F)F)nc3ccccc23)cc1. The van der Waals surface area contributed by atoms with Crippen LogP contribution in [0.5, 0.6) is 0 Å². The fourth-order valence-corrected chi connectivity index (χ4v) is 2.11. The molecule has 1 N–H and O–H groups in total. The van der Waals surface area contributed by atoms with E-state index in [1.54, 1.807) is 18.2 Å². The van der Waals surface area contributed by atoms with Gasteiger partial charge in [0.25, 0.3) is 0 Å². The lowest BCUT2D eigenvalue weighted by molar-refractivity contribution is -0.140. The molecule has 0 radical (unpaired) electrons. The normalized spacial score (nSPS) is 11.6. The first-order valence-electron chi connectivity index (χ1n) is 6.43. The third-order valence-corrected chi connectivity index (χ3v) is 3.13. The number of rotatable bonds is 2. The van der Waals surface area contributed by atoms with Crippen molar-refractivity contribution in [3.63, 3.8) is 0 Å². The molecule has 0 spiro atoms. The van der Waals surface area contributed by atoms with E-state index in [4.69, 9.17) is 0 Å². The number of para-hydroxylation sites is 1. The molecule has 0 bridgehead atoms. The largest absolute Gasteiger partial charge is 0.433 e. The van der Waals surface area contributed by atoms with Crippen molar-refractivity contribution in [2.24, 2.45) is 0 Å². The van der Waals surface area contributed by atoms with Gasteiger partial charge in [0, 0.05) is 11.1 Å². The zero-order valence-electron chi connectivity index (χ0n) is 11.2. The standard InChI is InChI=1S/C16H10F4N2/c17-10-5-7-11(8-6-10)21-14-9-15(16(18,19)20)22-13-4-2-1-3-12(13)14/h1-9H,(H,21,22). The number of nitrogens with one attached hydrogen (secondary N) is 1. The molecule has 0 saturated carbocycles. The molecule has 0 saturated heterocycles. The van der Waals surface area contributed by atoms with Crippen LogP contribution in [0.4, 0.5) is 28.9 Å². The molecule has 1 heterocycles. The molecule has 2 aromatic carbocycles. The third-order valence-electron chi connectivity index (χ3n) is 3.13. The molecule has 22 heavy (non-hydrogen) atoms. The van der Waals surface area contributed by atoms with Crippen LogP contribution >= 0.6 is 0 Å². The number of hydrogen-bond acceptors (Lipinski definition) is 2. The first-order chi connectivity index (χ1) is 10.4. The van der Waals surface area contributed by atoms with Gasteiger partial charge in [-0.3, -0.25) is 0 Å². The Morgan fingerprint density at radius 3 is 2.27 bits per heavy atom. The van der Waals surface area contributed by atoms with E-state index in [1.165, 1.54) is 30.3 Å². The summed E-state index contributed by atoms with van der Waals surface area (Å²) in [5, 5.41) is 3.44. The Morgan fingerprint density at radius 2 is 1.59 bits per heavy atom. The molecular weight excluding hydrogens is 296 g/mol. The molecule has 0 amide bonds. The molecule has 2 nitrogen and oxygen atoms in total. The van der Waals surface area contributed by atoms with E-state index >= 15 is 0 Å². The van der Waals surface area contributed by atoms with Crippen molar-refractivity contribution in [2.75, 3.05) is 5.32 Å². The molecular formula is C16H10F4N2. The van der Waals surface area contributed by atoms with Gasteiger partial charge in [-0.1, -0.05) is 18.2 Å². The first-order valence-corrected chi connectivity index (χ1v) is 6.43. The summed E-state index contributed by atoms with van der Waals surface area (Å²) in [7, 11) is 0. The second-order valence-electron chi connectivity index (χ2n) is 4.70. The summed E-state index contributed by atoms with van der Waals surface area (Å²) in [6, 6.07) is 12.9. The Hall–Kier alpha value is -2.63. The van der Waals surface area contributed by atoms with Crippen molar-refractivity contribution < 1.29 is 17.6 Å². The van der Waals surface area contributed by atoms with Crippen LogP contribution in [0.25, 0.3) is 10.9 Å². The number of alkyl halides is 3. The van der Waals surface area contributed by atoms with Crippen molar-refractivity contribution >= 4 is 22.3 Å². The molecule has 0 aliphatic rings. The van der Waals surface area contributed by atoms with E-state index in [2.05, 4.69) is 10.3 Å². The minimum Gasteiger partial charge on any atom is -0.355 e. The highest BCUT2D eigenvalue weighted by Crippen LogP contribution is 2.34. The van der Waals surface area contributed by atoms with Gasteiger partial charge in [0.15, 0.2) is 0 Å². The Morgan fingerprint density at radius 1 is 0.909 bits per heavy atom. The van der Waals surface area contributed by atoms with Gasteiger partial charge in [-0.25, -0.2) is 9.37 Å². The lowest BCUT2D eigenvalue weighted by atomic mass is 10.1. The van der Waals surface area contributed by atoms with Gasteiger partial charge in [-0.05, 0) is 36.4 Å². The summed E-state index contributed by atoms with van der Waals surface area (Å²) in [6.07, 6.45) is -4.54. The fraction of sp³-hybridized carbons (Fsp3) is 0.0625. The van der Waals surface area contributed by atoms with Crippen LogP contribution < -0.4 is 5.32 Å². The van der Waals surface area contributed by atoms with Gasteiger partial charge in [0.05, 0.1) is 11.2 Å². The number of fused-ring (bicyclic) bond motifs is 1. The van der Waals surface area contributed by atoms with Gasteiger partial charge in [0.2, 0.25) is 0 Å². The van der Waals surface area contributed by atoms with Crippen LogP contribution in [-0.2, 0) is 6.18 Å². The quantitative estimate of drug-likeness (QED) is 0.663. The number of aromatic nitrogens is 1. The fourth-order valence-electron chi connectivity index (χ4n) is 2.11. The van der Waals surface area contributed by atoms with E-state index < -0.39 is 17.7 Å². The smallest absolute Gasteiger partial charge is 0.355 e. The Bertz CT molecular complexity index is 810. The van der Waals surface area contributed by atoms with Crippen molar-refractivity contribution in [3.8, 4) is 0 Å². The number of hydrogen-bond donors (Lipinski definition) is 1. The van der Waals surface area contributed by atoms with E-state index in [0.717, 1.165) is 6.07 Å². The molecule has 1 aromatic heterocycles. The molecule has 0 aliphatic carbocycles. The maximum Gasteiger partial charge on any atom is 0.433 e. The van der Waals surface area contributed by atoms with Crippen LogP contribution in [-0.4, -0.2) is 4.98 Å². The minimum absolute atomic E-state index is 0.238. The van der Waals surface area contributed by atoms with Gasteiger partial charge in [-0.2, -0.15) is 13.2 Å². The van der Waals surface area contributed by atoms with E-state index in [9.17, 15) is 17.6 Å². The van der Waals surface area contributed by atoms with Crippen LogP contribution in [0.2, 0.25) is 0 Å². The number of halogens is 4. The van der Waals surface area contributed by atoms with Crippen LogP contribution in [0.1, 0.15) is 5.69 Å². The summed E-state index contributed by atoms with van der Waals surface area (Å²) in [4.78, 5) is 3.64. The summed E-state index contributed by atoms with van der Waals surface area (Å²) in [5.74, 6) is -0.416. The van der Waals surface area contributed by atoms with Gasteiger partial charge in [0.1, 0.15) is 11.5 Å². The Labute approximate surface area is 123 Å². The van der Waals surface area contributed by atoms with Crippen LogP contribution in [0, 0.1) is 5.82 Å². The monoisotopic (exact) mass is 306 g/mol. The lowest BCUT2D eigenvalue weighted by Gasteiger charge is -2.13. The number of pyridine rings is 1. The van der Waals surface area contributed by atoms with Crippen molar-refractivity contribution in [2.45, 2.75) is 6.18 Å². The van der Waals surface area contributed by atoms with Crippen LogP contribution in [0.3, 0.4) is 0 Å². The summed E-state index contributed by atoms with van der Waals surface area (Å²) >= 11 is 0. The van der Waals surface area contributed by atoms with Gasteiger partial charge >= 0.3 is 6.18 Å². The number of benzene rings is 2. The Balaban J connectivity index is 2.12. The van der Waals surface area contributed by atoms with E-state index in [1.807, 2.05) is 0 Å². The summed E-state index contributed by atoms with van der Waals surface area (Å²) < 4.78 is 51.8. The highest BCUT2D eigenvalue weighted by Gasteiger charge is 2.33. The minimum atomic E-state index is -4.54. The number of anilines is 2. The predicted molar refractivity (Wildman–Crippen MR) is 76.4 cm³/mol. The zero-order chi connectivity index (χ0) is 15.7. The average molecular weight is 306 g/mol. The molecule has 0 unspecified atom stereocenters. The molecule has 112 valence electrons. The highest BCUT2D eigenvalue weighted by atomic mass is 19.4. The second kappa shape index (κ2) is 5.29. The Kier molecular flexibility index (Phi) is 3.44. The molecule has 3 rings (SSSR count). The van der Waals surface area contributed by atoms with E-state index in [-0.39, 0.29) is 11.2 Å². The van der Waals surface area contributed by atoms with Crippen LogP contribution in [0.15, 0.2) is 54.6 Å². The third kappa shape index (κ3) is 2.86. The zero-order valence-corrected chi connectivity index (χ0v) is 11.2. The average Bonchev–Trinajstić information content (AvgIpc) is 2.48. The number of nitrogens with zero attached hydrogens (tertiary/aromatic N) is 1. The maximum atomic E-state index is 12.9. The van der Waals surface area contributed by atoms with Crippen molar-refractivity contribution in [1.82, 2.24) is 4.98 Å². The summed E-state index contributed by atoms with van der Waals surface area (Å²) in [5.41, 5.74) is 0.0214. The van der Waals surface area contributed by atoms with Crippen molar-refractivity contribution in [3.05, 3.63) is 66.1 Å². The highest BCUT2D eigenvalue weighted by molar-refractivity contribution is 5.93. The first kappa shape index (κ1) is 14.3.